The predicted molar refractivity (Wildman–Crippen MR) is 75.8 cm³/mol. The van der Waals surface area contributed by atoms with Gasteiger partial charge in [-0.3, -0.25) is 14.7 Å². The van der Waals surface area contributed by atoms with Gasteiger partial charge in [-0.15, -0.1) is 0 Å². The number of hydrogen-bond acceptors (Lipinski definition) is 3. The Balaban J connectivity index is 1.54. The fourth-order valence-corrected chi connectivity index (χ4v) is 3.96. The summed E-state index contributed by atoms with van der Waals surface area (Å²) in [5.74, 6) is 0.145. The molecule has 2 aliphatic heterocycles. The van der Waals surface area contributed by atoms with Crippen LogP contribution in [-0.2, 0) is 17.6 Å². The fourth-order valence-electron chi connectivity index (χ4n) is 3.96. The average Bonchev–Trinajstić information content (AvgIpc) is 3.18. The van der Waals surface area contributed by atoms with Gasteiger partial charge in [-0.25, -0.2) is 0 Å². The van der Waals surface area contributed by atoms with Gasteiger partial charge in [-0.2, -0.15) is 5.10 Å². The van der Waals surface area contributed by atoms with Gasteiger partial charge in [0.25, 0.3) is 5.91 Å². The molecule has 0 saturated carbocycles. The summed E-state index contributed by atoms with van der Waals surface area (Å²) < 4.78 is 0. The zero-order valence-electron chi connectivity index (χ0n) is 12.1. The summed E-state index contributed by atoms with van der Waals surface area (Å²) in [6.45, 7) is 2.11. The number of nitrogens with zero attached hydrogens (tertiary/aromatic N) is 2. The van der Waals surface area contributed by atoms with E-state index in [9.17, 15) is 9.59 Å². The van der Waals surface area contributed by atoms with Crippen LogP contribution in [-0.4, -0.2) is 46.5 Å². The van der Waals surface area contributed by atoms with E-state index in [1.54, 1.807) is 0 Å². The van der Waals surface area contributed by atoms with E-state index in [2.05, 4.69) is 15.5 Å². The third-order valence-corrected chi connectivity index (χ3v) is 5.18. The van der Waals surface area contributed by atoms with Crippen molar-refractivity contribution in [2.24, 2.45) is 5.41 Å². The van der Waals surface area contributed by atoms with E-state index >= 15 is 0 Å². The van der Waals surface area contributed by atoms with Crippen molar-refractivity contribution in [3.05, 3.63) is 17.0 Å². The van der Waals surface area contributed by atoms with Gasteiger partial charge in [0.1, 0.15) is 0 Å². The number of carbonyl (C=O) groups excluding carboxylic acids is 2. The van der Waals surface area contributed by atoms with E-state index in [4.69, 9.17) is 0 Å². The first kappa shape index (κ1) is 12.9. The van der Waals surface area contributed by atoms with Crippen molar-refractivity contribution in [2.75, 3.05) is 19.6 Å². The lowest BCUT2D eigenvalue weighted by Crippen LogP contribution is -2.34. The zero-order valence-corrected chi connectivity index (χ0v) is 12.1. The lowest BCUT2D eigenvalue weighted by Gasteiger charge is -2.21. The second-order valence-electron chi connectivity index (χ2n) is 6.67. The Hall–Kier alpha value is -1.85. The van der Waals surface area contributed by atoms with Crippen molar-refractivity contribution < 1.29 is 9.59 Å². The maximum Gasteiger partial charge on any atom is 0.274 e. The molecule has 3 heterocycles. The van der Waals surface area contributed by atoms with Gasteiger partial charge in [0, 0.05) is 42.7 Å². The molecule has 21 heavy (non-hydrogen) atoms. The summed E-state index contributed by atoms with van der Waals surface area (Å²) in [6.07, 6.45) is 5.71. The lowest BCUT2D eigenvalue weighted by atomic mass is 9.86. The van der Waals surface area contributed by atoms with Gasteiger partial charge in [0.05, 0.1) is 0 Å². The van der Waals surface area contributed by atoms with Crippen molar-refractivity contribution >= 4 is 11.8 Å². The quantitative estimate of drug-likeness (QED) is 0.796. The first-order valence-corrected chi connectivity index (χ1v) is 7.79. The third kappa shape index (κ3) is 2.04. The van der Waals surface area contributed by atoms with Crippen LogP contribution in [0.4, 0.5) is 0 Å². The van der Waals surface area contributed by atoms with Crippen LogP contribution in [0.15, 0.2) is 0 Å². The van der Waals surface area contributed by atoms with Crippen LogP contribution in [0.3, 0.4) is 0 Å². The normalized spacial score (nSPS) is 28.0. The minimum absolute atomic E-state index is 0.0330. The molecule has 1 atom stereocenters. The van der Waals surface area contributed by atoms with E-state index in [1.807, 2.05) is 4.90 Å². The molecule has 0 bridgehead atoms. The predicted octanol–water partition coefficient (Wildman–Crippen LogP) is 0.641. The summed E-state index contributed by atoms with van der Waals surface area (Å²) in [4.78, 5) is 26.1. The Bertz CT molecular complexity index is 609. The molecule has 112 valence electrons. The Morgan fingerprint density at radius 2 is 2.14 bits per heavy atom. The second-order valence-corrected chi connectivity index (χ2v) is 6.67. The van der Waals surface area contributed by atoms with Gasteiger partial charge < -0.3 is 10.2 Å². The second kappa shape index (κ2) is 4.58. The molecular weight excluding hydrogens is 268 g/mol. The van der Waals surface area contributed by atoms with Crippen LogP contribution in [0.2, 0.25) is 0 Å². The van der Waals surface area contributed by atoms with Crippen LogP contribution in [0.25, 0.3) is 0 Å². The molecule has 1 aliphatic carbocycles. The third-order valence-electron chi connectivity index (χ3n) is 5.18. The van der Waals surface area contributed by atoms with Gasteiger partial charge >= 0.3 is 0 Å². The number of aryl methyl sites for hydroxylation is 1. The first-order chi connectivity index (χ1) is 10.2. The number of fused-ring (bicyclic) bond motifs is 1. The van der Waals surface area contributed by atoms with Gasteiger partial charge in [0.15, 0.2) is 5.69 Å². The molecule has 2 saturated heterocycles. The van der Waals surface area contributed by atoms with Gasteiger partial charge in [0.2, 0.25) is 5.91 Å². The smallest absolute Gasteiger partial charge is 0.274 e. The maximum absolute atomic E-state index is 12.7. The van der Waals surface area contributed by atoms with E-state index in [0.717, 1.165) is 43.5 Å². The number of hydrogen-bond donors (Lipinski definition) is 2. The number of amides is 2. The molecular formula is C15H20N4O2. The van der Waals surface area contributed by atoms with Crippen molar-refractivity contribution in [3.63, 3.8) is 0 Å². The molecule has 1 spiro atoms. The van der Waals surface area contributed by atoms with E-state index in [1.165, 1.54) is 6.42 Å². The monoisotopic (exact) mass is 288 g/mol. The Morgan fingerprint density at radius 3 is 2.95 bits per heavy atom. The van der Waals surface area contributed by atoms with Gasteiger partial charge in [-0.1, -0.05) is 0 Å². The highest BCUT2D eigenvalue weighted by Crippen LogP contribution is 2.37. The van der Waals surface area contributed by atoms with Crippen LogP contribution in [0.1, 0.15) is 47.4 Å². The molecule has 4 rings (SSSR count). The summed E-state index contributed by atoms with van der Waals surface area (Å²) >= 11 is 0. The maximum atomic E-state index is 12.7. The molecule has 2 fully saturated rings. The molecule has 1 aromatic heterocycles. The molecule has 6 nitrogen and oxygen atoms in total. The molecule has 6 heteroatoms. The number of likely N-dealkylation sites (tertiary alicyclic amines) is 1. The van der Waals surface area contributed by atoms with Crippen LogP contribution in [0.5, 0.6) is 0 Å². The number of rotatable bonds is 1. The Kier molecular flexibility index (Phi) is 2.80. The van der Waals surface area contributed by atoms with Crippen LogP contribution < -0.4 is 5.32 Å². The Labute approximate surface area is 123 Å². The summed E-state index contributed by atoms with van der Waals surface area (Å²) in [5, 5.41) is 10.2. The minimum atomic E-state index is -0.0386. The van der Waals surface area contributed by atoms with Crippen LogP contribution in [0, 0.1) is 5.41 Å². The summed E-state index contributed by atoms with van der Waals surface area (Å²) in [7, 11) is 0. The fraction of sp³-hybridized carbons (Fsp3) is 0.667. The largest absolute Gasteiger partial charge is 0.355 e. The van der Waals surface area contributed by atoms with Crippen molar-refractivity contribution in [1.29, 1.82) is 0 Å². The van der Waals surface area contributed by atoms with E-state index in [0.29, 0.717) is 25.2 Å². The highest BCUT2D eigenvalue weighted by atomic mass is 16.2. The Morgan fingerprint density at radius 1 is 1.29 bits per heavy atom. The topological polar surface area (TPSA) is 78.1 Å². The number of aromatic nitrogens is 2. The highest BCUT2D eigenvalue weighted by molar-refractivity contribution is 5.94. The molecule has 0 radical (unpaired) electrons. The standard InChI is InChI=1S/C15H20N4O2/c20-12-7-15(8-16-12)5-6-19(9-15)14(21)13-10-3-1-2-4-11(10)17-18-13/h1-9H2,(H,16,20)(H,17,18). The molecule has 2 amide bonds. The van der Waals surface area contributed by atoms with E-state index in [-0.39, 0.29) is 17.2 Å². The molecule has 3 aliphatic rings. The number of aromatic amines is 1. The highest BCUT2D eigenvalue weighted by Gasteiger charge is 2.45. The lowest BCUT2D eigenvalue weighted by molar-refractivity contribution is -0.119. The van der Waals surface area contributed by atoms with Gasteiger partial charge in [-0.05, 0) is 32.1 Å². The zero-order chi connectivity index (χ0) is 14.4. The molecule has 1 aromatic rings. The van der Waals surface area contributed by atoms with Crippen molar-refractivity contribution in [1.82, 2.24) is 20.4 Å². The minimum Gasteiger partial charge on any atom is -0.355 e. The van der Waals surface area contributed by atoms with Crippen LogP contribution >= 0.6 is 0 Å². The first-order valence-electron chi connectivity index (χ1n) is 7.79. The average molecular weight is 288 g/mol. The van der Waals surface area contributed by atoms with Crippen molar-refractivity contribution in [2.45, 2.75) is 38.5 Å². The summed E-state index contributed by atoms with van der Waals surface area (Å²) in [6, 6.07) is 0. The molecule has 2 N–H and O–H groups in total. The molecule has 0 aromatic carbocycles. The number of carbonyl (C=O) groups is 2. The van der Waals surface area contributed by atoms with E-state index < -0.39 is 0 Å². The SMILES string of the molecule is O=C1CC2(CCN(C(=O)c3n[nH]c4c3CCCC4)C2)CN1. The number of H-pyrrole nitrogens is 1. The number of nitrogens with one attached hydrogen (secondary N) is 2. The summed E-state index contributed by atoms with van der Waals surface area (Å²) in [5.41, 5.74) is 2.83. The van der Waals surface area contributed by atoms with Crippen molar-refractivity contribution in [3.8, 4) is 0 Å². The molecule has 1 unspecified atom stereocenters.